The van der Waals surface area contributed by atoms with Crippen LogP contribution < -0.4 is 4.90 Å². The third-order valence-electron chi connectivity index (χ3n) is 4.92. The Kier molecular flexibility index (Phi) is 4.79. The van der Waals surface area contributed by atoms with Crippen LogP contribution >= 0.6 is 0 Å². The third-order valence-corrected chi connectivity index (χ3v) is 4.92. The number of carboxylic acids is 1. The number of hydrogen-bond acceptors (Lipinski definition) is 4. The molecule has 5 nitrogen and oxygen atoms in total. The van der Waals surface area contributed by atoms with Gasteiger partial charge in [0.1, 0.15) is 0 Å². The van der Waals surface area contributed by atoms with Crippen molar-refractivity contribution in [3.05, 3.63) is 42.0 Å². The fourth-order valence-corrected chi connectivity index (χ4v) is 3.59. The maximum absolute atomic E-state index is 11.8. The summed E-state index contributed by atoms with van der Waals surface area (Å²) in [6, 6.07) is 4.25. The van der Waals surface area contributed by atoms with Gasteiger partial charge in [-0.05, 0) is 43.0 Å². The van der Waals surface area contributed by atoms with E-state index in [1.807, 2.05) is 19.1 Å². The smallest absolute Gasteiger partial charge is 0.355 e. The minimum atomic E-state index is -1.000. The summed E-state index contributed by atoms with van der Waals surface area (Å²) < 4.78 is 0. The Hall–Kier alpha value is -2.43. The molecule has 0 aliphatic heterocycles. The number of carboxylic acid groups (broad SMARTS) is 1. The van der Waals surface area contributed by atoms with Gasteiger partial charge in [-0.3, -0.25) is 4.98 Å². The van der Waals surface area contributed by atoms with E-state index >= 15 is 0 Å². The second-order valence-corrected chi connectivity index (χ2v) is 6.45. The van der Waals surface area contributed by atoms with Crippen LogP contribution in [0.15, 0.2) is 30.7 Å². The fourth-order valence-electron chi connectivity index (χ4n) is 3.59. The van der Waals surface area contributed by atoms with Crippen molar-refractivity contribution in [1.29, 1.82) is 0 Å². The number of rotatable bonds is 4. The molecule has 1 fully saturated rings. The fraction of sp³-hybridized carbons (Fsp3) is 0.421. The van der Waals surface area contributed by atoms with Crippen LogP contribution in [0.4, 0.5) is 5.69 Å². The molecule has 24 heavy (non-hydrogen) atoms. The van der Waals surface area contributed by atoms with Crippen molar-refractivity contribution in [2.24, 2.45) is 0 Å². The van der Waals surface area contributed by atoms with Crippen LogP contribution in [0.3, 0.4) is 0 Å². The quantitative estimate of drug-likeness (QED) is 0.923. The molecule has 3 rings (SSSR count). The Morgan fingerprint density at radius 2 is 1.96 bits per heavy atom. The molecule has 1 aliphatic carbocycles. The van der Waals surface area contributed by atoms with Crippen molar-refractivity contribution >= 4 is 11.7 Å². The Morgan fingerprint density at radius 3 is 2.62 bits per heavy atom. The largest absolute Gasteiger partial charge is 0.476 e. The second kappa shape index (κ2) is 6.99. The first-order chi connectivity index (χ1) is 11.6. The molecule has 1 saturated carbocycles. The highest BCUT2D eigenvalue weighted by atomic mass is 16.4. The first-order valence-electron chi connectivity index (χ1n) is 8.45. The summed E-state index contributed by atoms with van der Waals surface area (Å²) in [4.78, 5) is 22.3. The van der Waals surface area contributed by atoms with E-state index in [-0.39, 0.29) is 5.69 Å². The Morgan fingerprint density at radius 1 is 1.21 bits per heavy atom. The van der Waals surface area contributed by atoms with Crippen LogP contribution in [0.2, 0.25) is 0 Å². The summed E-state index contributed by atoms with van der Waals surface area (Å²) in [6.07, 6.45) is 11.1. The second-order valence-electron chi connectivity index (χ2n) is 6.45. The summed E-state index contributed by atoms with van der Waals surface area (Å²) in [5, 5.41) is 9.64. The minimum absolute atomic E-state index is 0.101. The van der Waals surface area contributed by atoms with Crippen molar-refractivity contribution in [1.82, 2.24) is 9.97 Å². The molecule has 2 aromatic heterocycles. The topological polar surface area (TPSA) is 66.3 Å². The number of nitrogens with zero attached hydrogens (tertiary/aromatic N) is 3. The zero-order valence-corrected chi connectivity index (χ0v) is 14.2. The molecule has 0 aromatic carbocycles. The van der Waals surface area contributed by atoms with E-state index in [4.69, 9.17) is 0 Å². The van der Waals surface area contributed by atoms with Gasteiger partial charge in [0, 0.05) is 42.9 Å². The third kappa shape index (κ3) is 3.11. The zero-order chi connectivity index (χ0) is 17.1. The highest BCUT2D eigenvalue weighted by Gasteiger charge is 2.25. The molecule has 5 heteroatoms. The SMILES string of the molecule is Cc1cnccc1-c1c(N(C)C2CCCCC2)ccnc1C(=O)O. The average molecular weight is 325 g/mol. The summed E-state index contributed by atoms with van der Waals surface area (Å²) in [5.74, 6) is -1.000. The maximum Gasteiger partial charge on any atom is 0.355 e. The first-order valence-corrected chi connectivity index (χ1v) is 8.45. The molecule has 0 radical (unpaired) electrons. The molecule has 126 valence electrons. The van der Waals surface area contributed by atoms with Gasteiger partial charge in [0.05, 0.1) is 0 Å². The summed E-state index contributed by atoms with van der Waals surface area (Å²) in [6.45, 7) is 1.95. The molecular weight excluding hydrogens is 302 g/mol. The van der Waals surface area contributed by atoms with Gasteiger partial charge < -0.3 is 10.0 Å². The highest BCUT2D eigenvalue weighted by molar-refractivity contribution is 5.98. The van der Waals surface area contributed by atoms with E-state index in [2.05, 4.69) is 21.9 Å². The number of pyridine rings is 2. The van der Waals surface area contributed by atoms with Crippen molar-refractivity contribution in [3.8, 4) is 11.1 Å². The van der Waals surface area contributed by atoms with Gasteiger partial charge in [-0.2, -0.15) is 0 Å². The van der Waals surface area contributed by atoms with Gasteiger partial charge in [0.25, 0.3) is 0 Å². The predicted molar refractivity (Wildman–Crippen MR) is 94.4 cm³/mol. The lowest BCUT2D eigenvalue weighted by Crippen LogP contribution is -2.34. The molecule has 2 heterocycles. The molecule has 1 N–H and O–H groups in total. The summed E-state index contributed by atoms with van der Waals surface area (Å²) in [5.41, 5.74) is 3.56. The van der Waals surface area contributed by atoms with Crippen LogP contribution in [-0.4, -0.2) is 34.1 Å². The van der Waals surface area contributed by atoms with E-state index in [0.29, 0.717) is 11.6 Å². The van der Waals surface area contributed by atoms with Gasteiger partial charge >= 0.3 is 5.97 Å². The lowest BCUT2D eigenvalue weighted by molar-refractivity contribution is 0.0691. The Balaban J connectivity index is 2.14. The lowest BCUT2D eigenvalue weighted by atomic mass is 9.92. The minimum Gasteiger partial charge on any atom is -0.476 e. The zero-order valence-electron chi connectivity index (χ0n) is 14.2. The van der Waals surface area contributed by atoms with Crippen molar-refractivity contribution in [3.63, 3.8) is 0 Å². The molecule has 2 aromatic rings. The number of aromatic nitrogens is 2. The van der Waals surface area contributed by atoms with E-state index in [0.717, 1.165) is 29.7 Å². The maximum atomic E-state index is 11.8. The molecular formula is C19H23N3O2. The van der Waals surface area contributed by atoms with Crippen LogP contribution in [0, 0.1) is 6.92 Å². The van der Waals surface area contributed by atoms with Gasteiger partial charge in [-0.15, -0.1) is 0 Å². The van der Waals surface area contributed by atoms with E-state index in [9.17, 15) is 9.90 Å². The van der Waals surface area contributed by atoms with Crippen molar-refractivity contribution < 1.29 is 9.90 Å². The Bertz CT molecular complexity index is 739. The number of carbonyl (C=O) groups is 1. The number of hydrogen-bond donors (Lipinski definition) is 1. The molecule has 1 aliphatic rings. The molecule has 0 saturated heterocycles. The van der Waals surface area contributed by atoms with Gasteiger partial charge in [0.2, 0.25) is 0 Å². The van der Waals surface area contributed by atoms with E-state index in [1.54, 1.807) is 18.6 Å². The Labute approximate surface area is 142 Å². The lowest BCUT2D eigenvalue weighted by Gasteiger charge is -2.34. The number of aryl methyl sites for hydroxylation is 1. The first kappa shape index (κ1) is 16.4. The van der Waals surface area contributed by atoms with Gasteiger partial charge in [-0.1, -0.05) is 19.3 Å². The molecule has 0 unspecified atom stereocenters. The van der Waals surface area contributed by atoms with Crippen LogP contribution in [0.1, 0.15) is 48.2 Å². The highest BCUT2D eigenvalue weighted by Crippen LogP contribution is 2.37. The van der Waals surface area contributed by atoms with Crippen LogP contribution in [0.5, 0.6) is 0 Å². The van der Waals surface area contributed by atoms with Crippen LogP contribution in [-0.2, 0) is 0 Å². The van der Waals surface area contributed by atoms with Crippen molar-refractivity contribution in [2.45, 2.75) is 45.1 Å². The molecule has 0 amide bonds. The average Bonchev–Trinajstić information content (AvgIpc) is 2.61. The van der Waals surface area contributed by atoms with E-state index < -0.39 is 5.97 Å². The monoisotopic (exact) mass is 325 g/mol. The molecule has 0 bridgehead atoms. The van der Waals surface area contributed by atoms with Crippen molar-refractivity contribution in [2.75, 3.05) is 11.9 Å². The van der Waals surface area contributed by atoms with E-state index in [1.165, 1.54) is 19.3 Å². The predicted octanol–water partition coefficient (Wildman–Crippen LogP) is 3.92. The summed E-state index contributed by atoms with van der Waals surface area (Å²) in [7, 11) is 2.07. The van der Waals surface area contributed by atoms with Crippen LogP contribution in [0.25, 0.3) is 11.1 Å². The van der Waals surface area contributed by atoms with Gasteiger partial charge in [-0.25, -0.2) is 9.78 Å². The normalized spacial score (nSPS) is 15.2. The standard InChI is InChI=1S/C19H23N3O2/c1-13-12-20-10-8-15(13)17-16(9-11-21-18(17)19(23)24)22(2)14-6-4-3-5-7-14/h8-12,14H,3-7H2,1-2H3,(H,23,24). The number of anilines is 1. The molecule has 0 spiro atoms. The summed E-state index contributed by atoms with van der Waals surface area (Å²) >= 11 is 0. The molecule has 0 atom stereocenters. The van der Waals surface area contributed by atoms with Gasteiger partial charge in [0.15, 0.2) is 5.69 Å². The number of aromatic carboxylic acids is 1.